The van der Waals surface area contributed by atoms with Crippen LogP contribution in [0.3, 0.4) is 0 Å². The average Bonchev–Trinajstić information content (AvgIpc) is 2.54. The number of carbonyl (C=O) groups excluding carboxylic acids is 2. The molecular formula is C15H21N3O3. The lowest BCUT2D eigenvalue weighted by molar-refractivity contribution is -0.142. The maximum Gasteiger partial charge on any atom is 0.328 e. The second kappa shape index (κ2) is 7.06. The van der Waals surface area contributed by atoms with Gasteiger partial charge < -0.3 is 15.0 Å². The average molecular weight is 291 g/mol. The number of nitrogens with zero attached hydrogens (tertiary/aromatic N) is 2. The molecule has 0 spiro atoms. The van der Waals surface area contributed by atoms with Gasteiger partial charge in [-0.15, -0.1) is 0 Å². The predicted molar refractivity (Wildman–Crippen MR) is 79.2 cm³/mol. The number of aromatic nitrogens is 1. The van der Waals surface area contributed by atoms with Gasteiger partial charge in [0.25, 0.3) is 5.91 Å². The highest BCUT2D eigenvalue weighted by Crippen LogP contribution is 2.25. The van der Waals surface area contributed by atoms with E-state index in [4.69, 9.17) is 4.74 Å². The molecule has 1 fully saturated rings. The first-order chi connectivity index (χ1) is 10.2. The van der Waals surface area contributed by atoms with Crippen LogP contribution in [0.15, 0.2) is 18.3 Å². The molecule has 0 aliphatic carbocycles. The Morgan fingerprint density at radius 3 is 3.00 bits per heavy atom. The molecule has 1 unspecified atom stereocenters. The van der Waals surface area contributed by atoms with Crippen LogP contribution in [-0.2, 0) is 9.53 Å². The highest BCUT2D eigenvalue weighted by atomic mass is 16.5. The van der Waals surface area contributed by atoms with Gasteiger partial charge in [0.1, 0.15) is 11.7 Å². The number of hydrogen-bond donors (Lipinski definition) is 1. The maximum absolute atomic E-state index is 11.9. The maximum atomic E-state index is 11.9. The van der Waals surface area contributed by atoms with Crippen molar-refractivity contribution >= 4 is 17.6 Å². The minimum Gasteiger partial charge on any atom is -0.467 e. The van der Waals surface area contributed by atoms with Crippen molar-refractivity contribution in [1.29, 1.82) is 0 Å². The number of piperidine rings is 1. The van der Waals surface area contributed by atoms with Crippen LogP contribution < -0.4 is 10.2 Å². The van der Waals surface area contributed by atoms with Crippen LogP contribution in [0.4, 0.5) is 5.69 Å². The number of rotatable bonds is 4. The van der Waals surface area contributed by atoms with Gasteiger partial charge >= 0.3 is 5.97 Å². The summed E-state index contributed by atoms with van der Waals surface area (Å²) in [6, 6.07) is 3.27. The van der Waals surface area contributed by atoms with Gasteiger partial charge in [0.05, 0.1) is 7.11 Å². The van der Waals surface area contributed by atoms with E-state index in [-0.39, 0.29) is 17.9 Å². The molecule has 1 aromatic rings. The summed E-state index contributed by atoms with van der Waals surface area (Å²) < 4.78 is 4.88. The minimum absolute atomic E-state index is 0.203. The third-order valence-electron chi connectivity index (χ3n) is 3.62. The summed E-state index contributed by atoms with van der Waals surface area (Å²) >= 11 is 0. The summed E-state index contributed by atoms with van der Waals surface area (Å²) in [4.78, 5) is 29.9. The molecule has 0 aromatic carbocycles. The zero-order valence-corrected chi connectivity index (χ0v) is 12.5. The Morgan fingerprint density at radius 2 is 2.29 bits per heavy atom. The first-order valence-electron chi connectivity index (χ1n) is 7.26. The standard InChI is InChI=1S/C15H21N3O3/c1-3-16-14(19)12-10-11(7-8-17-12)18-9-5-4-6-13(18)15(20)21-2/h7-8,10,13H,3-6,9H2,1-2H3,(H,16,19). The highest BCUT2D eigenvalue weighted by molar-refractivity contribution is 5.93. The van der Waals surface area contributed by atoms with Crippen LogP contribution in [0.25, 0.3) is 0 Å². The van der Waals surface area contributed by atoms with E-state index in [0.717, 1.165) is 31.5 Å². The van der Waals surface area contributed by atoms with E-state index in [1.807, 2.05) is 17.9 Å². The van der Waals surface area contributed by atoms with Crippen LogP contribution in [-0.4, -0.2) is 43.1 Å². The zero-order valence-electron chi connectivity index (χ0n) is 12.5. The second-order valence-electron chi connectivity index (χ2n) is 4.99. The molecule has 1 aliphatic rings. The lowest BCUT2D eigenvalue weighted by Gasteiger charge is -2.35. The molecule has 1 saturated heterocycles. The fourth-order valence-electron chi connectivity index (χ4n) is 2.60. The number of ether oxygens (including phenoxy) is 1. The first-order valence-corrected chi connectivity index (χ1v) is 7.26. The van der Waals surface area contributed by atoms with Crippen molar-refractivity contribution in [2.24, 2.45) is 0 Å². The Labute approximate surface area is 124 Å². The molecule has 0 saturated carbocycles. The van der Waals surface area contributed by atoms with Crippen molar-refractivity contribution in [3.63, 3.8) is 0 Å². The predicted octanol–water partition coefficient (Wildman–Crippen LogP) is 1.36. The summed E-state index contributed by atoms with van der Waals surface area (Å²) in [6.45, 7) is 3.19. The lowest BCUT2D eigenvalue weighted by Crippen LogP contribution is -2.45. The van der Waals surface area contributed by atoms with Crippen LogP contribution in [0.5, 0.6) is 0 Å². The van der Waals surface area contributed by atoms with Crippen molar-refractivity contribution in [2.75, 3.05) is 25.1 Å². The smallest absolute Gasteiger partial charge is 0.328 e. The Morgan fingerprint density at radius 1 is 1.48 bits per heavy atom. The summed E-state index contributed by atoms with van der Waals surface area (Å²) in [5, 5.41) is 2.73. The van der Waals surface area contributed by atoms with Crippen LogP contribution in [0.1, 0.15) is 36.7 Å². The van der Waals surface area contributed by atoms with Gasteiger partial charge in [-0.3, -0.25) is 9.78 Å². The fraction of sp³-hybridized carbons (Fsp3) is 0.533. The molecule has 1 aliphatic heterocycles. The van der Waals surface area contributed by atoms with Gasteiger partial charge in [-0.05, 0) is 38.3 Å². The number of anilines is 1. The van der Waals surface area contributed by atoms with Crippen molar-refractivity contribution < 1.29 is 14.3 Å². The quantitative estimate of drug-likeness (QED) is 0.848. The molecule has 2 heterocycles. The normalized spacial score (nSPS) is 18.2. The number of methoxy groups -OCH3 is 1. The van der Waals surface area contributed by atoms with E-state index in [2.05, 4.69) is 10.3 Å². The summed E-state index contributed by atoms with van der Waals surface area (Å²) in [5.74, 6) is -0.433. The zero-order chi connectivity index (χ0) is 15.2. The van der Waals surface area contributed by atoms with Gasteiger partial charge in [-0.25, -0.2) is 4.79 Å². The molecule has 1 aromatic heterocycles. The Bertz CT molecular complexity index is 519. The van der Waals surface area contributed by atoms with Gasteiger partial charge in [-0.1, -0.05) is 0 Å². The number of hydrogen-bond acceptors (Lipinski definition) is 5. The topological polar surface area (TPSA) is 71.5 Å². The number of nitrogens with one attached hydrogen (secondary N) is 1. The molecule has 21 heavy (non-hydrogen) atoms. The monoisotopic (exact) mass is 291 g/mol. The minimum atomic E-state index is -0.284. The van der Waals surface area contributed by atoms with E-state index in [9.17, 15) is 9.59 Å². The largest absolute Gasteiger partial charge is 0.467 e. The van der Waals surface area contributed by atoms with Crippen LogP contribution in [0, 0.1) is 0 Å². The van der Waals surface area contributed by atoms with Crippen molar-refractivity contribution in [1.82, 2.24) is 10.3 Å². The molecule has 2 rings (SSSR count). The molecule has 6 heteroatoms. The summed E-state index contributed by atoms with van der Waals surface area (Å²) in [6.07, 6.45) is 4.39. The number of pyridine rings is 1. The molecule has 114 valence electrons. The first kappa shape index (κ1) is 15.3. The molecule has 1 amide bonds. The van der Waals surface area contributed by atoms with Crippen molar-refractivity contribution in [3.8, 4) is 0 Å². The Balaban J connectivity index is 2.24. The molecule has 1 atom stereocenters. The van der Waals surface area contributed by atoms with Crippen molar-refractivity contribution in [2.45, 2.75) is 32.2 Å². The van der Waals surface area contributed by atoms with Crippen LogP contribution >= 0.6 is 0 Å². The Hall–Kier alpha value is -2.11. The van der Waals surface area contributed by atoms with Crippen molar-refractivity contribution in [3.05, 3.63) is 24.0 Å². The van der Waals surface area contributed by atoms with E-state index in [1.54, 1.807) is 12.3 Å². The second-order valence-corrected chi connectivity index (χ2v) is 4.99. The number of amides is 1. The summed E-state index contributed by atoms with van der Waals surface area (Å²) in [7, 11) is 1.40. The molecular weight excluding hydrogens is 270 g/mol. The highest BCUT2D eigenvalue weighted by Gasteiger charge is 2.30. The van der Waals surface area contributed by atoms with E-state index < -0.39 is 0 Å². The Kier molecular flexibility index (Phi) is 5.14. The van der Waals surface area contributed by atoms with Gasteiger partial charge in [0, 0.05) is 25.0 Å². The third kappa shape index (κ3) is 3.51. The molecule has 6 nitrogen and oxygen atoms in total. The molecule has 0 radical (unpaired) electrons. The van der Waals surface area contributed by atoms with E-state index in [1.165, 1.54) is 7.11 Å². The number of carbonyl (C=O) groups is 2. The van der Waals surface area contributed by atoms with E-state index in [0.29, 0.717) is 12.2 Å². The SMILES string of the molecule is CCNC(=O)c1cc(N2CCCCC2C(=O)OC)ccn1. The van der Waals surface area contributed by atoms with Gasteiger partial charge in [0.2, 0.25) is 0 Å². The lowest BCUT2D eigenvalue weighted by atomic mass is 10.0. The molecule has 1 N–H and O–H groups in total. The third-order valence-corrected chi connectivity index (χ3v) is 3.62. The van der Waals surface area contributed by atoms with Gasteiger partial charge in [-0.2, -0.15) is 0 Å². The van der Waals surface area contributed by atoms with E-state index >= 15 is 0 Å². The summed E-state index contributed by atoms with van der Waals surface area (Å²) in [5.41, 5.74) is 1.20. The number of esters is 1. The van der Waals surface area contributed by atoms with Gasteiger partial charge in [0.15, 0.2) is 0 Å². The van der Waals surface area contributed by atoms with Crippen LogP contribution in [0.2, 0.25) is 0 Å². The fourth-order valence-corrected chi connectivity index (χ4v) is 2.60. The molecule has 0 bridgehead atoms.